The summed E-state index contributed by atoms with van der Waals surface area (Å²) in [4.78, 5) is 10.4. The van der Waals surface area contributed by atoms with Crippen LogP contribution in [0.4, 0.5) is 0 Å². The van der Waals surface area contributed by atoms with Crippen molar-refractivity contribution >= 4 is 6.29 Å². The Morgan fingerprint density at radius 3 is 2.31 bits per heavy atom. The van der Waals surface area contributed by atoms with E-state index < -0.39 is 0 Å². The number of aryl methyl sites for hydroxylation is 1. The highest BCUT2D eigenvalue weighted by Gasteiger charge is 1.95. The van der Waals surface area contributed by atoms with Crippen LogP contribution in [0.3, 0.4) is 0 Å². The Balaban J connectivity index is 0.000000671. The number of hydrogen-bond donors (Lipinski definition) is 0. The highest BCUT2D eigenvalue weighted by Crippen LogP contribution is 2.14. The number of benzene rings is 1. The molecule has 0 spiro atoms. The molecule has 72 valence electrons. The number of carbonyl (C=O) groups is 1. The number of aldehydes is 1. The second-order valence-corrected chi connectivity index (χ2v) is 2.40. The Labute approximate surface area is 79.5 Å². The first-order valence-corrected chi connectivity index (χ1v) is 4.37. The summed E-state index contributed by atoms with van der Waals surface area (Å²) >= 11 is 0. The Kier molecular flexibility index (Phi) is 5.60. The standard InChI is InChI=1S/C9H10O2.C2H6/c1-7-3-8(6-10)5-9(4-7)11-2;1-2/h3-6H,1-2H3;1-2H3. The van der Waals surface area contributed by atoms with E-state index >= 15 is 0 Å². The molecule has 0 aliphatic carbocycles. The molecule has 0 aliphatic rings. The van der Waals surface area contributed by atoms with Gasteiger partial charge in [0.2, 0.25) is 0 Å². The van der Waals surface area contributed by atoms with Gasteiger partial charge in [-0.2, -0.15) is 0 Å². The van der Waals surface area contributed by atoms with Crippen LogP contribution < -0.4 is 4.74 Å². The first-order valence-electron chi connectivity index (χ1n) is 4.37. The molecule has 0 heterocycles. The molecule has 2 heteroatoms. The lowest BCUT2D eigenvalue weighted by molar-refractivity contribution is 0.112. The van der Waals surface area contributed by atoms with E-state index in [-0.39, 0.29) is 0 Å². The summed E-state index contributed by atoms with van der Waals surface area (Å²) < 4.78 is 4.98. The topological polar surface area (TPSA) is 26.3 Å². The Morgan fingerprint density at radius 1 is 1.23 bits per heavy atom. The smallest absolute Gasteiger partial charge is 0.150 e. The fourth-order valence-corrected chi connectivity index (χ4v) is 0.962. The van der Waals surface area contributed by atoms with Crippen molar-refractivity contribution in [2.45, 2.75) is 20.8 Å². The maximum Gasteiger partial charge on any atom is 0.150 e. The van der Waals surface area contributed by atoms with Crippen LogP contribution in [0.25, 0.3) is 0 Å². The van der Waals surface area contributed by atoms with Crippen LogP contribution >= 0.6 is 0 Å². The van der Waals surface area contributed by atoms with Gasteiger partial charge in [0.05, 0.1) is 7.11 Å². The summed E-state index contributed by atoms with van der Waals surface area (Å²) in [7, 11) is 1.59. The van der Waals surface area contributed by atoms with Gasteiger partial charge in [-0.1, -0.05) is 13.8 Å². The van der Waals surface area contributed by atoms with Crippen molar-refractivity contribution in [2.24, 2.45) is 0 Å². The third-order valence-electron chi connectivity index (χ3n) is 1.44. The van der Waals surface area contributed by atoms with Crippen molar-refractivity contribution in [2.75, 3.05) is 7.11 Å². The van der Waals surface area contributed by atoms with Crippen LogP contribution in [0.2, 0.25) is 0 Å². The molecule has 2 nitrogen and oxygen atoms in total. The third-order valence-corrected chi connectivity index (χ3v) is 1.44. The second-order valence-electron chi connectivity index (χ2n) is 2.40. The van der Waals surface area contributed by atoms with Crippen molar-refractivity contribution < 1.29 is 9.53 Å². The zero-order chi connectivity index (χ0) is 10.3. The minimum Gasteiger partial charge on any atom is -0.497 e. The fourth-order valence-electron chi connectivity index (χ4n) is 0.962. The van der Waals surface area contributed by atoms with Crippen LogP contribution in [-0.2, 0) is 0 Å². The monoisotopic (exact) mass is 180 g/mol. The maximum absolute atomic E-state index is 10.4. The average Bonchev–Trinajstić information content (AvgIpc) is 2.20. The van der Waals surface area contributed by atoms with Crippen molar-refractivity contribution in [3.8, 4) is 5.75 Å². The minimum absolute atomic E-state index is 0.654. The first-order chi connectivity index (χ1) is 6.26. The van der Waals surface area contributed by atoms with Gasteiger partial charge in [0.1, 0.15) is 12.0 Å². The van der Waals surface area contributed by atoms with Gasteiger partial charge >= 0.3 is 0 Å². The SMILES string of the molecule is CC.COc1cc(C)cc(C=O)c1. The van der Waals surface area contributed by atoms with Gasteiger partial charge in [0.15, 0.2) is 0 Å². The van der Waals surface area contributed by atoms with Crippen molar-refractivity contribution in [1.82, 2.24) is 0 Å². The maximum atomic E-state index is 10.4. The van der Waals surface area contributed by atoms with E-state index in [4.69, 9.17) is 4.74 Å². The Morgan fingerprint density at radius 2 is 1.85 bits per heavy atom. The summed E-state index contributed by atoms with van der Waals surface area (Å²) in [5.74, 6) is 0.729. The Bertz CT molecular complexity index is 267. The van der Waals surface area contributed by atoms with E-state index in [9.17, 15) is 4.79 Å². The lowest BCUT2D eigenvalue weighted by Crippen LogP contribution is -1.87. The van der Waals surface area contributed by atoms with Gasteiger partial charge in [0.25, 0.3) is 0 Å². The number of methoxy groups -OCH3 is 1. The van der Waals surface area contributed by atoms with E-state index in [1.165, 1.54) is 0 Å². The molecule has 0 saturated heterocycles. The first kappa shape index (κ1) is 11.7. The van der Waals surface area contributed by atoms with Crippen LogP contribution in [0.15, 0.2) is 18.2 Å². The molecule has 0 fully saturated rings. The summed E-state index contributed by atoms with van der Waals surface area (Å²) in [6, 6.07) is 5.41. The molecule has 0 N–H and O–H groups in total. The van der Waals surface area contributed by atoms with Crippen molar-refractivity contribution in [1.29, 1.82) is 0 Å². The molecule has 0 saturated carbocycles. The zero-order valence-corrected chi connectivity index (χ0v) is 8.63. The van der Waals surface area contributed by atoms with Gasteiger partial charge < -0.3 is 4.74 Å². The van der Waals surface area contributed by atoms with Crippen LogP contribution in [0.1, 0.15) is 29.8 Å². The van der Waals surface area contributed by atoms with E-state index in [0.29, 0.717) is 5.56 Å². The van der Waals surface area contributed by atoms with Gasteiger partial charge in [-0.25, -0.2) is 0 Å². The average molecular weight is 180 g/mol. The lowest BCUT2D eigenvalue weighted by atomic mass is 10.1. The number of ether oxygens (including phenoxy) is 1. The van der Waals surface area contributed by atoms with Crippen LogP contribution in [-0.4, -0.2) is 13.4 Å². The highest BCUT2D eigenvalue weighted by atomic mass is 16.5. The lowest BCUT2D eigenvalue weighted by Gasteiger charge is -2.01. The molecule has 0 unspecified atom stereocenters. The van der Waals surface area contributed by atoms with E-state index in [2.05, 4.69) is 0 Å². The normalized spacial score (nSPS) is 8.31. The van der Waals surface area contributed by atoms with Crippen LogP contribution in [0, 0.1) is 6.92 Å². The Hall–Kier alpha value is -1.31. The quantitative estimate of drug-likeness (QED) is 0.654. The number of rotatable bonds is 2. The molecular weight excluding hydrogens is 164 g/mol. The van der Waals surface area contributed by atoms with Gasteiger partial charge in [0, 0.05) is 5.56 Å². The molecular formula is C11H16O2. The predicted octanol–water partition coefficient (Wildman–Crippen LogP) is 2.84. The van der Waals surface area contributed by atoms with Gasteiger partial charge in [-0.05, 0) is 30.7 Å². The molecule has 0 bridgehead atoms. The zero-order valence-electron chi connectivity index (χ0n) is 8.63. The molecule has 0 aromatic heterocycles. The van der Waals surface area contributed by atoms with E-state index in [1.807, 2.05) is 32.9 Å². The molecule has 1 aromatic rings. The molecule has 0 amide bonds. The van der Waals surface area contributed by atoms with Gasteiger partial charge in [-0.15, -0.1) is 0 Å². The molecule has 0 aliphatic heterocycles. The van der Waals surface area contributed by atoms with E-state index in [1.54, 1.807) is 13.2 Å². The fraction of sp³-hybridized carbons (Fsp3) is 0.364. The second kappa shape index (κ2) is 6.23. The summed E-state index contributed by atoms with van der Waals surface area (Å²) in [6.07, 6.45) is 0.815. The van der Waals surface area contributed by atoms with Gasteiger partial charge in [-0.3, -0.25) is 4.79 Å². The minimum atomic E-state index is 0.654. The number of hydrogen-bond acceptors (Lipinski definition) is 2. The molecule has 1 rings (SSSR count). The summed E-state index contributed by atoms with van der Waals surface area (Å²) in [5.41, 5.74) is 1.69. The largest absolute Gasteiger partial charge is 0.497 e. The van der Waals surface area contributed by atoms with Crippen LogP contribution in [0.5, 0.6) is 5.75 Å². The third kappa shape index (κ3) is 3.74. The van der Waals surface area contributed by atoms with Crippen molar-refractivity contribution in [3.05, 3.63) is 29.3 Å². The molecule has 13 heavy (non-hydrogen) atoms. The van der Waals surface area contributed by atoms with Crippen molar-refractivity contribution in [3.63, 3.8) is 0 Å². The molecule has 0 atom stereocenters. The predicted molar refractivity (Wildman–Crippen MR) is 54.5 cm³/mol. The molecule has 0 radical (unpaired) electrons. The number of carbonyl (C=O) groups excluding carboxylic acids is 1. The summed E-state index contributed by atoms with van der Waals surface area (Å²) in [5, 5.41) is 0. The highest BCUT2D eigenvalue weighted by molar-refractivity contribution is 5.75. The van der Waals surface area contributed by atoms with E-state index in [0.717, 1.165) is 17.6 Å². The summed E-state index contributed by atoms with van der Waals surface area (Å²) in [6.45, 7) is 5.93. The molecule has 1 aromatic carbocycles.